The number of aldehydes is 1. The first kappa shape index (κ1) is 22.8. The summed E-state index contributed by atoms with van der Waals surface area (Å²) < 4.78 is 5.31. The summed E-state index contributed by atoms with van der Waals surface area (Å²) in [6.07, 6.45) is 12.0. The topological polar surface area (TPSA) is 106 Å². The number of rotatable bonds is 9. The fraction of sp³-hybridized carbons (Fsp3) is 0.522. The summed E-state index contributed by atoms with van der Waals surface area (Å²) in [6, 6.07) is 9.52. The molecule has 0 spiro atoms. The Bertz CT molecular complexity index is 723. The molecule has 3 rings (SSSR count). The van der Waals surface area contributed by atoms with E-state index in [2.05, 4.69) is 4.98 Å². The molecule has 1 amide bonds. The third-order valence-electron chi connectivity index (χ3n) is 5.37. The van der Waals surface area contributed by atoms with Crippen molar-refractivity contribution in [2.75, 3.05) is 0 Å². The lowest BCUT2D eigenvalue weighted by Crippen LogP contribution is -2.16. The molecule has 0 aliphatic heterocycles. The van der Waals surface area contributed by atoms with Gasteiger partial charge in [-0.25, -0.2) is 4.98 Å². The van der Waals surface area contributed by atoms with Crippen molar-refractivity contribution in [1.82, 2.24) is 4.98 Å². The van der Waals surface area contributed by atoms with Crippen molar-refractivity contribution in [3.8, 4) is 0 Å². The van der Waals surface area contributed by atoms with E-state index < -0.39 is 0 Å². The van der Waals surface area contributed by atoms with Gasteiger partial charge in [-0.3, -0.25) is 9.59 Å². The molecular weight excluding hydrogens is 368 g/mol. The molecule has 1 aromatic heterocycles. The lowest BCUT2D eigenvalue weighted by atomic mass is 9.84. The molecule has 29 heavy (non-hydrogen) atoms. The quantitative estimate of drug-likeness (QED) is 0.608. The Labute approximate surface area is 172 Å². The molecule has 158 valence electrons. The van der Waals surface area contributed by atoms with Crippen molar-refractivity contribution in [3.63, 3.8) is 0 Å². The predicted octanol–water partition coefficient (Wildman–Crippen LogP) is 4.38. The number of hydrogen-bond acceptors (Lipinski definition) is 5. The van der Waals surface area contributed by atoms with Crippen molar-refractivity contribution in [2.45, 2.75) is 70.3 Å². The summed E-state index contributed by atoms with van der Waals surface area (Å²) in [5.41, 5.74) is 6.54. The molecule has 6 nitrogen and oxygen atoms in total. The number of aliphatic hydroxyl groups excluding tert-OH is 1. The normalized spacial score (nSPS) is 15.2. The van der Waals surface area contributed by atoms with Crippen LogP contribution in [-0.4, -0.2) is 22.3 Å². The Balaban J connectivity index is 0.000000313. The van der Waals surface area contributed by atoms with Crippen molar-refractivity contribution >= 4 is 12.2 Å². The Hall–Kier alpha value is -2.47. The van der Waals surface area contributed by atoms with Gasteiger partial charge in [-0.15, -0.1) is 0 Å². The third-order valence-corrected chi connectivity index (χ3v) is 5.37. The van der Waals surface area contributed by atoms with Crippen LogP contribution in [0.1, 0.15) is 85.6 Å². The van der Waals surface area contributed by atoms with Crippen molar-refractivity contribution in [1.29, 1.82) is 0 Å². The van der Waals surface area contributed by atoms with E-state index >= 15 is 0 Å². The van der Waals surface area contributed by atoms with E-state index in [1.165, 1.54) is 44.8 Å². The van der Waals surface area contributed by atoms with Gasteiger partial charge in [-0.2, -0.15) is 0 Å². The molecule has 2 aromatic rings. The fourth-order valence-electron chi connectivity index (χ4n) is 3.81. The highest BCUT2D eigenvalue weighted by Crippen LogP contribution is 2.31. The molecule has 0 saturated heterocycles. The largest absolute Gasteiger partial charge is 0.448 e. The third kappa shape index (κ3) is 8.60. The minimum atomic E-state index is -0.358. The van der Waals surface area contributed by atoms with Gasteiger partial charge in [-0.05, 0) is 17.9 Å². The van der Waals surface area contributed by atoms with E-state index in [0.29, 0.717) is 12.2 Å². The van der Waals surface area contributed by atoms with Crippen molar-refractivity contribution in [3.05, 3.63) is 53.7 Å². The molecule has 1 atom stereocenters. The van der Waals surface area contributed by atoms with Gasteiger partial charge in [0.15, 0.2) is 12.2 Å². The number of primary amides is 1. The van der Waals surface area contributed by atoms with Crippen LogP contribution in [0.2, 0.25) is 0 Å². The minimum absolute atomic E-state index is 0.111. The number of carbonyl (C=O) groups excluding carboxylic acids is 2. The molecule has 0 bridgehead atoms. The summed E-state index contributed by atoms with van der Waals surface area (Å²) in [4.78, 5) is 26.0. The second kappa shape index (κ2) is 12.9. The molecule has 1 fully saturated rings. The highest BCUT2D eigenvalue weighted by molar-refractivity contribution is 5.74. The maximum Gasteiger partial charge on any atom is 0.218 e. The number of benzene rings is 1. The van der Waals surface area contributed by atoms with Crippen LogP contribution in [0.5, 0.6) is 0 Å². The zero-order chi connectivity index (χ0) is 20.9. The van der Waals surface area contributed by atoms with E-state index in [-0.39, 0.29) is 30.5 Å². The van der Waals surface area contributed by atoms with Gasteiger partial charge < -0.3 is 15.3 Å². The van der Waals surface area contributed by atoms with Gasteiger partial charge in [0.05, 0.1) is 6.61 Å². The molecular formula is C23H32N2O4. The number of nitrogens with two attached hydrogens (primary N) is 1. The Morgan fingerprint density at radius 1 is 1.24 bits per heavy atom. The molecule has 1 saturated carbocycles. The van der Waals surface area contributed by atoms with Crippen LogP contribution < -0.4 is 5.73 Å². The van der Waals surface area contributed by atoms with Crippen molar-refractivity contribution in [2.24, 2.45) is 11.7 Å². The van der Waals surface area contributed by atoms with Crippen LogP contribution in [0.4, 0.5) is 0 Å². The standard InChI is InChI=1S/C16H24N2O3.C7H8O/c17-15(20)9-13(16-18-14(10-19)11-21-16)8-4-7-12-5-2-1-3-6-12;8-6-7-4-2-1-3-5-7/h10-13H,1-9H2,(H2,17,20);1-5,8H,6H2/t13-;/m1./s1. The monoisotopic (exact) mass is 400 g/mol. The molecule has 1 aromatic carbocycles. The predicted molar refractivity (Wildman–Crippen MR) is 111 cm³/mol. The summed E-state index contributed by atoms with van der Waals surface area (Å²) in [6.45, 7) is 0.140. The van der Waals surface area contributed by atoms with Crippen LogP contribution in [0.25, 0.3) is 0 Å². The van der Waals surface area contributed by atoms with Crippen LogP contribution in [0.15, 0.2) is 41.0 Å². The molecule has 0 radical (unpaired) electrons. The lowest BCUT2D eigenvalue weighted by molar-refractivity contribution is -0.118. The second-order valence-corrected chi connectivity index (χ2v) is 7.67. The second-order valence-electron chi connectivity index (χ2n) is 7.67. The molecule has 1 aliphatic rings. The Morgan fingerprint density at radius 2 is 1.97 bits per heavy atom. The van der Waals surface area contributed by atoms with Gasteiger partial charge in [-0.1, -0.05) is 75.3 Å². The maximum atomic E-state index is 11.2. The molecule has 6 heteroatoms. The first-order chi connectivity index (χ1) is 14.1. The number of amides is 1. The summed E-state index contributed by atoms with van der Waals surface area (Å²) in [7, 11) is 0. The summed E-state index contributed by atoms with van der Waals surface area (Å²) in [5.74, 6) is 0.811. The lowest BCUT2D eigenvalue weighted by Gasteiger charge is -2.22. The maximum absolute atomic E-state index is 11.2. The fourth-order valence-corrected chi connectivity index (χ4v) is 3.81. The van der Waals surface area contributed by atoms with Gasteiger partial charge in [0.1, 0.15) is 12.0 Å². The molecule has 0 unspecified atom stereocenters. The first-order valence-corrected chi connectivity index (χ1v) is 10.5. The van der Waals surface area contributed by atoms with Crippen molar-refractivity contribution < 1.29 is 19.1 Å². The van der Waals surface area contributed by atoms with E-state index in [0.717, 1.165) is 24.3 Å². The number of nitrogens with zero attached hydrogens (tertiary/aromatic N) is 1. The minimum Gasteiger partial charge on any atom is -0.448 e. The number of oxazole rings is 1. The zero-order valence-electron chi connectivity index (χ0n) is 17.0. The SMILES string of the molecule is NC(=O)C[C@@H](CCCC1CCCCC1)c1nc(C=O)co1.OCc1ccccc1. The number of hydrogen-bond donors (Lipinski definition) is 2. The van der Waals surface area contributed by atoms with Gasteiger partial charge >= 0.3 is 0 Å². The molecule has 1 heterocycles. The average Bonchev–Trinajstić information content (AvgIpc) is 3.24. The smallest absolute Gasteiger partial charge is 0.218 e. The van der Waals surface area contributed by atoms with Gasteiger partial charge in [0.25, 0.3) is 0 Å². The van der Waals surface area contributed by atoms with Gasteiger partial charge in [0, 0.05) is 12.3 Å². The van der Waals surface area contributed by atoms with Crippen LogP contribution in [-0.2, 0) is 11.4 Å². The Morgan fingerprint density at radius 3 is 2.52 bits per heavy atom. The van der Waals surface area contributed by atoms with Crippen LogP contribution in [0, 0.1) is 5.92 Å². The van der Waals surface area contributed by atoms with E-state index in [4.69, 9.17) is 15.3 Å². The van der Waals surface area contributed by atoms with E-state index in [9.17, 15) is 9.59 Å². The molecule has 3 N–H and O–H groups in total. The first-order valence-electron chi connectivity index (χ1n) is 10.5. The van der Waals surface area contributed by atoms with Crippen LogP contribution >= 0.6 is 0 Å². The molecule has 1 aliphatic carbocycles. The summed E-state index contributed by atoms with van der Waals surface area (Å²) >= 11 is 0. The van der Waals surface area contributed by atoms with Crippen LogP contribution in [0.3, 0.4) is 0 Å². The highest BCUT2D eigenvalue weighted by atomic mass is 16.3. The Kier molecular flexibility index (Phi) is 10.1. The zero-order valence-corrected chi connectivity index (χ0v) is 17.0. The average molecular weight is 401 g/mol. The number of carbonyl (C=O) groups is 2. The van der Waals surface area contributed by atoms with Gasteiger partial charge in [0.2, 0.25) is 5.91 Å². The number of aliphatic hydroxyl groups is 1. The van der Waals surface area contributed by atoms with E-state index in [1.807, 2.05) is 30.3 Å². The number of aromatic nitrogens is 1. The van der Waals surface area contributed by atoms with E-state index in [1.54, 1.807) is 0 Å². The highest BCUT2D eigenvalue weighted by Gasteiger charge is 2.21. The summed E-state index contributed by atoms with van der Waals surface area (Å²) in [5, 5.41) is 8.54.